The van der Waals surface area contributed by atoms with Crippen molar-refractivity contribution < 1.29 is 9.53 Å². The lowest BCUT2D eigenvalue weighted by Crippen LogP contribution is -2.03. The van der Waals surface area contributed by atoms with Gasteiger partial charge >= 0.3 is 5.97 Å². The van der Waals surface area contributed by atoms with E-state index in [0.29, 0.717) is 14.9 Å². The predicted molar refractivity (Wildman–Crippen MR) is 109 cm³/mol. The molecule has 2 aromatic carbocycles. The van der Waals surface area contributed by atoms with Gasteiger partial charge in [0, 0.05) is 15.4 Å². The van der Waals surface area contributed by atoms with Crippen LogP contribution in [0, 0.1) is 6.92 Å². The van der Waals surface area contributed by atoms with Gasteiger partial charge in [0.25, 0.3) is 0 Å². The van der Waals surface area contributed by atoms with E-state index in [1.165, 1.54) is 11.3 Å². The normalized spacial score (nSPS) is 11.1. The van der Waals surface area contributed by atoms with Crippen molar-refractivity contribution in [1.29, 1.82) is 0 Å². The van der Waals surface area contributed by atoms with Gasteiger partial charge in [-0.2, -0.15) is 5.10 Å². The number of carbonyl (C=O) groups excluding carboxylic acids is 1. The third-order valence-electron chi connectivity index (χ3n) is 4.08. The van der Waals surface area contributed by atoms with E-state index >= 15 is 0 Å². The van der Waals surface area contributed by atoms with Crippen LogP contribution in [-0.2, 0) is 11.3 Å². The number of nitrogens with zero attached hydrogens (tertiary/aromatic N) is 2. The molecule has 4 aromatic rings. The maximum Gasteiger partial charge on any atom is 0.348 e. The summed E-state index contributed by atoms with van der Waals surface area (Å²) in [6.45, 7) is 2.10. The smallest absolute Gasteiger partial charge is 0.348 e. The number of halogens is 2. The molecule has 4 nitrogen and oxygen atoms in total. The Kier molecular flexibility index (Phi) is 4.91. The van der Waals surface area contributed by atoms with E-state index in [1.807, 2.05) is 54.1 Å². The first kappa shape index (κ1) is 18.0. The van der Waals surface area contributed by atoms with E-state index in [-0.39, 0.29) is 12.6 Å². The minimum atomic E-state index is -0.363. The molecule has 0 unspecified atom stereocenters. The highest BCUT2D eigenvalue weighted by Gasteiger charge is 2.18. The highest BCUT2D eigenvalue weighted by atomic mass is 35.5. The number of aryl methyl sites for hydroxylation is 1. The van der Waals surface area contributed by atoms with Crippen molar-refractivity contribution in [2.45, 2.75) is 13.5 Å². The summed E-state index contributed by atoms with van der Waals surface area (Å²) in [5.41, 5.74) is 2.59. The molecule has 2 aromatic heterocycles. The van der Waals surface area contributed by atoms with E-state index in [4.69, 9.17) is 27.9 Å². The summed E-state index contributed by atoms with van der Waals surface area (Å²) >= 11 is 13.3. The fourth-order valence-corrected chi connectivity index (χ4v) is 4.17. The Labute approximate surface area is 169 Å². The fourth-order valence-electron chi connectivity index (χ4n) is 2.75. The Morgan fingerprint density at radius 1 is 1.11 bits per heavy atom. The summed E-state index contributed by atoms with van der Waals surface area (Å²) in [7, 11) is 0. The van der Waals surface area contributed by atoms with E-state index in [1.54, 1.807) is 12.1 Å². The Balaban J connectivity index is 1.60. The Morgan fingerprint density at radius 3 is 2.63 bits per heavy atom. The summed E-state index contributed by atoms with van der Waals surface area (Å²) in [4.78, 5) is 13.9. The molecular weight excluding hydrogens is 403 g/mol. The molecule has 0 aliphatic carbocycles. The Morgan fingerprint density at radius 2 is 1.89 bits per heavy atom. The molecule has 0 radical (unpaired) electrons. The predicted octanol–water partition coefficient (Wildman–Crippen LogP) is 6.06. The number of hydrogen-bond acceptors (Lipinski definition) is 4. The van der Waals surface area contributed by atoms with Crippen molar-refractivity contribution in [2.75, 3.05) is 0 Å². The summed E-state index contributed by atoms with van der Waals surface area (Å²) in [5, 5.41) is 6.78. The van der Waals surface area contributed by atoms with Crippen LogP contribution in [0.15, 0.2) is 54.6 Å². The zero-order chi connectivity index (χ0) is 19.0. The van der Waals surface area contributed by atoms with Crippen LogP contribution in [-0.4, -0.2) is 15.7 Å². The van der Waals surface area contributed by atoms with E-state index in [0.717, 1.165) is 27.2 Å². The van der Waals surface area contributed by atoms with Gasteiger partial charge in [-0.3, -0.25) is 0 Å². The molecule has 2 heterocycles. The van der Waals surface area contributed by atoms with Gasteiger partial charge < -0.3 is 4.74 Å². The number of fused-ring (bicyclic) bond motifs is 1. The number of esters is 1. The van der Waals surface area contributed by atoms with E-state index in [2.05, 4.69) is 5.10 Å². The fraction of sp³-hybridized carbons (Fsp3) is 0.100. The molecule has 0 saturated heterocycles. The first-order valence-electron chi connectivity index (χ1n) is 8.18. The van der Waals surface area contributed by atoms with Crippen molar-refractivity contribution >= 4 is 50.7 Å². The van der Waals surface area contributed by atoms with Gasteiger partial charge in [-0.25, -0.2) is 9.48 Å². The number of hydrogen-bond donors (Lipinski definition) is 0. The number of ether oxygens (including phenoxy) is 1. The van der Waals surface area contributed by atoms with Crippen LogP contribution in [0.5, 0.6) is 0 Å². The van der Waals surface area contributed by atoms with E-state index in [9.17, 15) is 4.79 Å². The van der Waals surface area contributed by atoms with Crippen LogP contribution < -0.4 is 0 Å². The van der Waals surface area contributed by atoms with Gasteiger partial charge in [-0.15, -0.1) is 11.3 Å². The average Bonchev–Trinajstić information content (AvgIpc) is 3.21. The van der Waals surface area contributed by atoms with Crippen molar-refractivity contribution in [3.63, 3.8) is 0 Å². The number of aromatic nitrogens is 2. The summed E-state index contributed by atoms with van der Waals surface area (Å²) in [5.74, 6) is -0.363. The maximum absolute atomic E-state index is 12.5. The quantitative estimate of drug-likeness (QED) is 0.379. The van der Waals surface area contributed by atoms with Crippen LogP contribution in [0.25, 0.3) is 15.9 Å². The molecule has 0 saturated carbocycles. The van der Waals surface area contributed by atoms with Crippen molar-refractivity contribution in [2.24, 2.45) is 0 Å². The number of rotatable bonds is 4. The zero-order valence-corrected chi connectivity index (χ0v) is 16.6. The van der Waals surface area contributed by atoms with Gasteiger partial charge in [-0.1, -0.05) is 35.3 Å². The van der Waals surface area contributed by atoms with Crippen molar-refractivity contribution in [1.82, 2.24) is 9.78 Å². The topological polar surface area (TPSA) is 44.1 Å². The SMILES string of the molecule is Cc1nn(-c2ccc(Cl)cc2)c2sc(C(=O)OCc3cccc(Cl)c3)cc12. The number of carbonyl (C=O) groups is 1. The minimum absolute atomic E-state index is 0.177. The first-order valence-corrected chi connectivity index (χ1v) is 9.75. The van der Waals surface area contributed by atoms with Crippen LogP contribution in [0.3, 0.4) is 0 Å². The summed E-state index contributed by atoms with van der Waals surface area (Å²) in [6, 6.07) is 16.5. The molecule has 7 heteroatoms. The number of benzene rings is 2. The second kappa shape index (κ2) is 7.35. The van der Waals surface area contributed by atoms with Gasteiger partial charge in [0.2, 0.25) is 0 Å². The largest absolute Gasteiger partial charge is 0.457 e. The van der Waals surface area contributed by atoms with Crippen LogP contribution in [0.1, 0.15) is 20.9 Å². The molecule has 0 spiro atoms. The Bertz CT molecular complexity index is 1130. The van der Waals surface area contributed by atoms with E-state index < -0.39 is 0 Å². The molecule has 0 atom stereocenters. The lowest BCUT2D eigenvalue weighted by atomic mass is 10.2. The van der Waals surface area contributed by atoms with Crippen LogP contribution >= 0.6 is 34.5 Å². The monoisotopic (exact) mass is 416 g/mol. The van der Waals surface area contributed by atoms with Crippen molar-refractivity contribution in [3.8, 4) is 5.69 Å². The van der Waals surface area contributed by atoms with Gasteiger partial charge in [0.05, 0.1) is 11.4 Å². The third kappa shape index (κ3) is 3.72. The molecule has 0 N–H and O–H groups in total. The maximum atomic E-state index is 12.5. The van der Waals surface area contributed by atoms with Gasteiger partial charge in [0.1, 0.15) is 16.3 Å². The average molecular weight is 417 g/mol. The van der Waals surface area contributed by atoms with Gasteiger partial charge in [0.15, 0.2) is 0 Å². The molecule has 0 amide bonds. The molecule has 27 heavy (non-hydrogen) atoms. The highest BCUT2D eigenvalue weighted by molar-refractivity contribution is 7.20. The molecular formula is C20H14Cl2N2O2S. The van der Waals surface area contributed by atoms with Crippen LogP contribution in [0.2, 0.25) is 10.0 Å². The summed E-state index contributed by atoms with van der Waals surface area (Å²) in [6.07, 6.45) is 0. The molecule has 0 aliphatic rings. The standard InChI is InChI=1S/C20H14Cl2N2O2S/c1-12-17-10-18(20(25)26-11-13-3-2-4-15(22)9-13)27-19(17)24(23-12)16-7-5-14(21)6-8-16/h2-10H,11H2,1H3. The molecule has 136 valence electrons. The zero-order valence-electron chi connectivity index (χ0n) is 14.3. The van der Waals surface area contributed by atoms with Crippen molar-refractivity contribution in [3.05, 3.63) is 80.8 Å². The lowest BCUT2D eigenvalue weighted by Gasteiger charge is -2.04. The van der Waals surface area contributed by atoms with Crippen LogP contribution in [0.4, 0.5) is 0 Å². The Hall–Kier alpha value is -2.34. The molecule has 0 aliphatic heterocycles. The first-order chi connectivity index (χ1) is 13.0. The molecule has 0 fully saturated rings. The third-order valence-corrected chi connectivity index (χ3v) is 5.65. The second-order valence-electron chi connectivity index (χ2n) is 6.01. The second-order valence-corrected chi connectivity index (χ2v) is 7.91. The summed E-state index contributed by atoms with van der Waals surface area (Å²) < 4.78 is 7.25. The lowest BCUT2D eigenvalue weighted by molar-refractivity contribution is 0.0478. The number of thiophene rings is 1. The minimum Gasteiger partial charge on any atom is -0.457 e. The van der Waals surface area contributed by atoms with Gasteiger partial charge in [-0.05, 0) is 55.0 Å². The molecule has 4 rings (SSSR count). The molecule has 0 bridgehead atoms. The highest BCUT2D eigenvalue weighted by Crippen LogP contribution is 2.31.